The number of amides is 2. The molecule has 7 heteroatoms. The SMILES string of the molecule is COCC(NC(=O)N1CCCOCC1)C(=O)O. The lowest BCUT2D eigenvalue weighted by atomic mass is 10.3. The molecule has 2 amide bonds. The van der Waals surface area contributed by atoms with Crippen molar-refractivity contribution < 1.29 is 24.2 Å². The van der Waals surface area contributed by atoms with Crippen molar-refractivity contribution in [3.8, 4) is 0 Å². The second-order valence-electron chi connectivity index (χ2n) is 3.75. The van der Waals surface area contributed by atoms with E-state index in [9.17, 15) is 9.59 Å². The third kappa shape index (κ3) is 4.58. The van der Waals surface area contributed by atoms with Gasteiger partial charge in [-0.15, -0.1) is 0 Å². The van der Waals surface area contributed by atoms with E-state index < -0.39 is 12.0 Å². The van der Waals surface area contributed by atoms with Crippen molar-refractivity contribution in [2.24, 2.45) is 0 Å². The molecule has 0 aromatic heterocycles. The van der Waals surface area contributed by atoms with E-state index in [1.54, 1.807) is 4.90 Å². The molecule has 0 aromatic carbocycles. The molecule has 1 fully saturated rings. The van der Waals surface area contributed by atoms with E-state index >= 15 is 0 Å². The minimum Gasteiger partial charge on any atom is -0.480 e. The molecule has 2 N–H and O–H groups in total. The lowest BCUT2D eigenvalue weighted by Crippen LogP contribution is -2.50. The Hall–Kier alpha value is -1.34. The fourth-order valence-electron chi connectivity index (χ4n) is 1.53. The first-order valence-electron chi connectivity index (χ1n) is 5.50. The largest absolute Gasteiger partial charge is 0.480 e. The summed E-state index contributed by atoms with van der Waals surface area (Å²) >= 11 is 0. The lowest BCUT2D eigenvalue weighted by Gasteiger charge is -2.22. The number of carbonyl (C=O) groups is 2. The third-order valence-corrected chi connectivity index (χ3v) is 2.44. The molecule has 1 saturated heterocycles. The Balaban J connectivity index is 2.47. The van der Waals surface area contributed by atoms with E-state index in [1.807, 2.05) is 0 Å². The zero-order valence-corrected chi connectivity index (χ0v) is 9.85. The predicted molar refractivity (Wildman–Crippen MR) is 58.8 cm³/mol. The Morgan fingerprint density at radius 3 is 2.88 bits per heavy atom. The van der Waals surface area contributed by atoms with E-state index in [1.165, 1.54) is 7.11 Å². The highest BCUT2D eigenvalue weighted by molar-refractivity contribution is 5.82. The number of methoxy groups -OCH3 is 1. The van der Waals surface area contributed by atoms with Crippen LogP contribution in [0.2, 0.25) is 0 Å². The highest BCUT2D eigenvalue weighted by Gasteiger charge is 2.23. The van der Waals surface area contributed by atoms with Crippen molar-refractivity contribution >= 4 is 12.0 Å². The maximum Gasteiger partial charge on any atom is 0.328 e. The van der Waals surface area contributed by atoms with Gasteiger partial charge in [0, 0.05) is 26.8 Å². The van der Waals surface area contributed by atoms with Gasteiger partial charge < -0.3 is 24.8 Å². The van der Waals surface area contributed by atoms with Gasteiger partial charge in [-0.05, 0) is 6.42 Å². The van der Waals surface area contributed by atoms with Crippen LogP contribution in [0.15, 0.2) is 0 Å². The number of ether oxygens (including phenoxy) is 2. The topological polar surface area (TPSA) is 88.1 Å². The first kappa shape index (κ1) is 13.7. The van der Waals surface area contributed by atoms with Gasteiger partial charge in [0.05, 0.1) is 13.2 Å². The minimum absolute atomic E-state index is 0.0502. The van der Waals surface area contributed by atoms with Crippen molar-refractivity contribution in [2.45, 2.75) is 12.5 Å². The predicted octanol–water partition coefficient (Wildman–Crippen LogP) is -0.482. The van der Waals surface area contributed by atoms with Crippen molar-refractivity contribution in [1.82, 2.24) is 10.2 Å². The molecule has 0 aliphatic carbocycles. The average Bonchev–Trinajstić information content (AvgIpc) is 2.56. The van der Waals surface area contributed by atoms with Gasteiger partial charge in [-0.1, -0.05) is 0 Å². The first-order chi connectivity index (χ1) is 8.15. The molecule has 1 aliphatic heterocycles. The Bertz CT molecular complexity index is 263. The minimum atomic E-state index is -1.11. The summed E-state index contributed by atoms with van der Waals surface area (Å²) in [6, 6.07) is -1.41. The summed E-state index contributed by atoms with van der Waals surface area (Å²) in [6.45, 7) is 2.11. The molecule has 1 heterocycles. The number of hydrogen-bond donors (Lipinski definition) is 2. The van der Waals surface area contributed by atoms with E-state index in [-0.39, 0.29) is 12.6 Å². The van der Waals surface area contributed by atoms with E-state index in [0.717, 1.165) is 6.42 Å². The Kier molecular flexibility index (Phi) is 5.71. The van der Waals surface area contributed by atoms with Crippen LogP contribution in [0.1, 0.15) is 6.42 Å². The number of carboxylic acids is 1. The quantitative estimate of drug-likeness (QED) is 0.699. The van der Waals surface area contributed by atoms with Gasteiger partial charge in [0.15, 0.2) is 6.04 Å². The molecule has 17 heavy (non-hydrogen) atoms. The van der Waals surface area contributed by atoms with Crippen LogP contribution in [0.5, 0.6) is 0 Å². The number of urea groups is 1. The molecule has 98 valence electrons. The molecule has 0 radical (unpaired) electrons. The highest BCUT2D eigenvalue weighted by atomic mass is 16.5. The fraction of sp³-hybridized carbons (Fsp3) is 0.800. The van der Waals surface area contributed by atoms with Crippen molar-refractivity contribution in [1.29, 1.82) is 0 Å². The van der Waals surface area contributed by atoms with Crippen LogP contribution in [0.25, 0.3) is 0 Å². The first-order valence-corrected chi connectivity index (χ1v) is 5.50. The molecule has 1 atom stereocenters. The fourth-order valence-corrected chi connectivity index (χ4v) is 1.53. The smallest absolute Gasteiger partial charge is 0.328 e. The van der Waals surface area contributed by atoms with Crippen LogP contribution in [-0.4, -0.2) is 68.1 Å². The number of rotatable bonds is 4. The summed E-state index contributed by atoms with van der Waals surface area (Å²) in [4.78, 5) is 24.2. The maximum atomic E-state index is 11.8. The summed E-state index contributed by atoms with van der Waals surface area (Å²) in [7, 11) is 1.39. The van der Waals surface area contributed by atoms with Crippen LogP contribution in [-0.2, 0) is 14.3 Å². The maximum absolute atomic E-state index is 11.8. The second-order valence-corrected chi connectivity index (χ2v) is 3.75. The molecular formula is C10H18N2O5. The number of nitrogens with zero attached hydrogens (tertiary/aromatic N) is 1. The van der Waals surface area contributed by atoms with Crippen LogP contribution in [0.4, 0.5) is 4.79 Å². The lowest BCUT2D eigenvalue weighted by molar-refractivity contribution is -0.140. The highest BCUT2D eigenvalue weighted by Crippen LogP contribution is 2.00. The van der Waals surface area contributed by atoms with E-state index in [0.29, 0.717) is 26.3 Å². The van der Waals surface area contributed by atoms with Gasteiger partial charge in [-0.3, -0.25) is 0 Å². The monoisotopic (exact) mass is 246 g/mol. The van der Waals surface area contributed by atoms with Gasteiger partial charge in [-0.25, -0.2) is 9.59 Å². The van der Waals surface area contributed by atoms with E-state index in [2.05, 4.69) is 5.32 Å². The zero-order valence-electron chi connectivity index (χ0n) is 9.85. The van der Waals surface area contributed by atoms with Crippen molar-refractivity contribution in [3.05, 3.63) is 0 Å². The van der Waals surface area contributed by atoms with Crippen LogP contribution in [0, 0.1) is 0 Å². The van der Waals surface area contributed by atoms with Crippen molar-refractivity contribution in [3.63, 3.8) is 0 Å². The average molecular weight is 246 g/mol. The molecule has 0 bridgehead atoms. The molecule has 1 rings (SSSR count). The summed E-state index contributed by atoms with van der Waals surface area (Å²) in [5.41, 5.74) is 0. The normalized spacial score (nSPS) is 18.3. The van der Waals surface area contributed by atoms with Crippen molar-refractivity contribution in [2.75, 3.05) is 40.0 Å². The third-order valence-electron chi connectivity index (χ3n) is 2.44. The van der Waals surface area contributed by atoms with E-state index in [4.69, 9.17) is 14.6 Å². The van der Waals surface area contributed by atoms with Gasteiger partial charge in [0.1, 0.15) is 0 Å². The van der Waals surface area contributed by atoms with Crippen LogP contribution >= 0.6 is 0 Å². The number of nitrogens with one attached hydrogen (secondary N) is 1. The second kappa shape index (κ2) is 7.08. The number of hydrogen-bond acceptors (Lipinski definition) is 4. The van der Waals surface area contributed by atoms with Crippen LogP contribution in [0.3, 0.4) is 0 Å². The van der Waals surface area contributed by atoms with Gasteiger partial charge >= 0.3 is 12.0 Å². The molecule has 0 aromatic rings. The molecular weight excluding hydrogens is 228 g/mol. The number of aliphatic carboxylic acids is 1. The zero-order chi connectivity index (χ0) is 12.7. The summed E-state index contributed by atoms with van der Waals surface area (Å²) in [5, 5.41) is 11.3. The molecule has 7 nitrogen and oxygen atoms in total. The standard InChI is InChI=1S/C10H18N2O5/c1-16-7-8(9(13)14)11-10(15)12-3-2-5-17-6-4-12/h8H,2-7H2,1H3,(H,11,15)(H,13,14). The molecule has 0 spiro atoms. The van der Waals surface area contributed by atoms with Gasteiger partial charge in [0.2, 0.25) is 0 Å². The Labute approximate surface area is 99.7 Å². The molecule has 1 unspecified atom stereocenters. The molecule has 0 saturated carbocycles. The summed E-state index contributed by atoms with van der Waals surface area (Å²) < 4.78 is 9.95. The summed E-state index contributed by atoms with van der Waals surface area (Å²) in [5.74, 6) is -1.11. The Morgan fingerprint density at radius 2 is 2.24 bits per heavy atom. The Morgan fingerprint density at radius 1 is 1.47 bits per heavy atom. The van der Waals surface area contributed by atoms with Gasteiger partial charge in [0.25, 0.3) is 0 Å². The number of carbonyl (C=O) groups excluding carboxylic acids is 1. The van der Waals surface area contributed by atoms with Gasteiger partial charge in [-0.2, -0.15) is 0 Å². The van der Waals surface area contributed by atoms with Crippen LogP contribution < -0.4 is 5.32 Å². The molecule has 1 aliphatic rings. The number of carboxylic acid groups (broad SMARTS) is 1. The summed E-state index contributed by atoms with van der Waals surface area (Å²) in [6.07, 6.45) is 0.759.